The number of halogens is 4. The average molecular weight is 243 g/mol. The minimum atomic E-state index is -1.84. The van der Waals surface area contributed by atoms with Gasteiger partial charge in [-0.15, -0.1) is 0 Å². The molecule has 0 unspecified atom stereocenters. The van der Waals surface area contributed by atoms with Gasteiger partial charge in [-0.2, -0.15) is 0 Å². The summed E-state index contributed by atoms with van der Waals surface area (Å²) in [6.45, 7) is -0.360. The number of alkyl halides is 3. The molecule has 0 aliphatic rings. The normalized spacial score (nSPS) is 11.8. The molecule has 0 heterocycles. The van der Waals surface area contributed by atoms with Gasteiger partial charge < -0.3 is 5.11 Å². The number of benzene rings is 1. The molecule has 1 nitrogen and oxygen atoms in total. The summed E-state index contributed by atoms with van der Waals surface area (Å²) in [5, 5.41) is 8.86. The van der Waals surface area contributed by atoms with Gasteiger partial charge in [-0.1, -0.05) is 46.9 Å². The zero-order chi connectivity index (χ0) is 10.1. The van der Waals surface area contributed by atoms with E-state index in [1.54, 1.807) is 0 Å². The molecule has 5 heteroatoms. The highest BCUT2D eigenvalue weighted by Crippen LogP contribution is 2.41. The van der Waals surface area contributed by atoms with E-state index in [1.165, 1.54) is 18.2 Å². The SMILES string of the molecule is OCc1cccc(F)c1C(Cl)(Cl)Cl. The molecule has 1 N–H and O–H groups in total. The third kappa shape index (κ3) is 2.47. The summed E-state index contributed by atoms with van der Waals surface area (Å²) in [5.41, 5.74) is 0.183. The molecule has 0 amide bonds. The Kier molecular flexibility index (Phi) is 3.41. The summed E-state index contributed by atoms with van der Waals surface area (Å²) in [5.74, 6) is -0.633. The topological polar surface area (TPSA) is 20.2 Å². The lowest BCUT2D eigenvalue weighted by Crippen LogP contribution is -2.08. The lowest BCUT2D eigenvalue weighted by atomic mass is 10.1. The molecule has 0 bridgehead atoms. The van der Waals surface area contributed by atoms with E-state index in [-0.39, 0.29) is 17.7 Å². The van der Waals surface area contributed by atoms with Crippen LogP contribution in [0.25, 0.3) is 0 Å². The molecule has 0 saturated heterocycles. The van der Waals surface area contributed by atoms with Gasteiger partial charge in [-0.3, -0.25) is 0 Å². The maximum atomic E-state index is 13.2. The second-order valence-corrected chi connectivity index (χ2v) is 4.71. The maximum Gasteiger partial charge on any atom is 0.219 e. The van der Waals surface area contributed by atoms with Crippen LogP contribution in [-0.2, 0) is 10.4 Å². The number of rotatable bonds is 1. The highest BCUT2D eigenvalue weighted by molar-refractivity contribution is 6.66. The lowest BCUT2D eigenvalue weighted by Gasteiger charge is -2.15. The van der Waals surface area contributed by atoms with Crippen LogP contribution in [0.5, 0.6) is 0 Å². The molecular weight excluding hydrogens is 237 g/mol. The molecule has 0 radical (unpaired) electrons. The number of aliphatic hydroxyl groups is 1. The summed E-state index contributed by atoms with van der Waals surface area (Å²) in [4.78, 5) is 0. The molecule has 0 atom stereocenters. The predicted molar refractivity (Wildman–Crippen MR) is 51.6 cm³/mol. The van der Waals surface area contributed by atoms with Crippen molar-refractivity contribution in [2.24, 2.45) is 0 Å². The van der Waals surface area contributed by atoms with Crippen LogP contribution in [0, 0.1) is 5.82 Å². The first-order valence-electron chi connectivity index (χ1n) is 3.42. The standard InChI is InChI=1S/C8H6Cl3FO/c9-8(10,11)7-5(4-13)2-1-3-6(7)12/h1-3,13H,4H2. The molecule has 0 spiro atoms. The molecule has 0 fully saturated rings. The second kappa shape index (κ2) is 4.01. The molecule has 13 heavy (non-hydrogen) atoms. The lowest BCUT2D eigenvalue weighted by molar-refractivity contribution is 0.280. The Labute approximate surface area is 90.0 Å². The monoisotopic (exact) mass is 242 g/mol. The Morgan fingerprint density at radius 1 is 1.31 bits per heavy atom. The van der Waals surface area contributed by atoms with Crippen molar-refractivity contribution in [2.75, 3.05) is 0 Å². The van der Waals surface area contributed by atoms with E-state index in [1.807, 2.05) is 0 Å². The Balaban J connectivity index is 3.32. The Bertz CT molecular complexity index is 309. The molecule has 0 aliphatic carbocycles. The molecule has 1 aromatic rings. The molecule has 72 valence electrons. The predicted octanol–water partition coefficient (Wildman–Crippen LogP) is 3.14. The van der Waals surface area contributed by atoms with Gasteiger partial charge in [0.05, 0.1) is 6.61 Å². The maximum absolute atomic E-state index is 13.2. The zero-order valence-corrected chi connectivity index (χ0v) is 8.67. The highest BCUT2D eigenvalue weighted by atomic mass is 35.6. The van der Waals surface area contributed by atoms with Gasteiger partial charge >= 0.3 is 0 Å². The van der Waals surface area contributed by atoms with Crippen LogP contribution in [0.4, 0.5) is 4.39 Å². The van der Waals surface area contributed by atoms with Crippen molar-refractivity contribution in [1.29, 1.82) is 0 Å². The van der Waals surface area contributed by atoms with E-state index in [0.29, 0.717) is 0 Å². The van der Waals surface area contributed by atoms with Crippen molar-refractivity contribution >= 4 is 34.8 Å². The van der Waals surface area contributed by atoms with E-state index in [2.05, 4.69) is 0 Å². The van der Waals surface area contributed by atoms with Gasteiger partial charge in [-0.05, 0) is 11.6 Å². The van der Waals surface area contributed by atoms with Crippen molar-refractivity contribution in [3.8, 4) is 0 Å². The van der Waals surface area contributed by atoms with E-state index in [4.69, 9.17) is 39.9 Å². The fraction of sp³-hybridized carbons (Fsp3) is 0.250. The molecule has 1 aromatic carbocycles. The zero-order valence-electron chi connectivity index (χ0n) is 6.40. The second-order valence-electron chi connectivity index (χ2n) is 2.43. The van der Waals surface area contributed by atoms with Crippen LogP contribution >= 0.6 is 34.8 Å². The van der Waals surface area contributed by atoms with Gasteiger partial charge in [-0.25, -0.2) is 4.39 Å². The molecule has 0 aromatic heterocycles. The summed E-state index contributed by atoms with van der Waals surface area (Å²) >= 11 is 16.6. The molecule has 1 rings (SSSR count). The van der Waals surface area contributed by atoms with Crippen molar-refractivity contribution in [1.82, 2.24) is 0 Å². The summed E-state index contributed by atoms with van der Waals surface area (Å²) < 4.78 is 11.3. The van der Waals surface area contributed by atoms with Crippen LogP contribution in [0.15, 0.2) is 18.2 Å². The van der Waals surface area contributed by atoms with Crippen LogP contribution in [0.1, 0.15) is 11.1 Å². The van der Waals surface area contributed by atoms with Gasteiger partial charge in [0.1, 0.15) is 5.82 Å². The Morgan fingerprint density at radius 3 is 2.31 bits per heavy atom. The van der Waals surface area contributed by atoms with Crippen LogP contribution in [0.2, 0.25) is 0 Å². The van der Waals surface area contributed by atoms with Crippen LogP contribution < -0.4 is 0 Å². The van der Waals surface area contributed by atoms with Crippen molar-refractivity contribution in [3.63, 3.8) is 0 Å². The van der Waals surface area contributed by atoms with Crippen molar-refractivity contribution < 1.29 is 9.50 Å². The third-order valence-electron chi connectivity index (χ3n) is 1.55. The summed E-state index contributed by atoms with van der Waals surface area (Å²) in [6, 6.07) is 4.12. The minimum absolute atomic E-state index is 0.0949. The molecule has 0 aliphatic heterocycles. The fourth-order valence-electron chi connectivity index (χ4n) is 1.02. The first-order chi connectivity index (χ1) is 5.96. The first-order valence-corrected chi connectivity index (χ1v) is 4.55. The smallest absolute Gasteiger partial charge is 0.219 e. The minimum Gasteiger partial charge on any atom is -0.392 e. The first kappa shape index (κ1) is 11.1. The number of hydrogen-bond acceptors (Lipinski definition) is 1. The van der Waals surface area contributed by atoms with Crippen LogP contribution in [0.3, 0.4) is 0 Å². The highest BCUT2D eigenvalue weighted by Gasteiger charge is 2.29. The van der Waals surface area contributed by atoms with Crippen molar-refractivity contribution in [2.45, 2.75) is 10.4 Å². The van der Waals surface area contributed by atoms with Gasteiger partial charge in [0.2, 0.25) is 3.79 Å². The van der Waals surface area contributed by atoms with E-state index in [0.717, 1.165) is 0 Å². The summed E-state index contributed by atoms with van der Waals surface area (Å²) in [6.07, 6.45) is 0. The molecular formula is C8H6Cl3FO. The van der Waals surface area contributed by atoms with Crippen molar-refractivity contribution in [3.05, 3.63) is 35.1 Å². The van der Waals surface area contributed by atoms with Gasteiger partial charge in [0.25, 0.3) is 0 Å². The number of hydrogen-bond donors (Lipinski definition) is 1. The fourth-order valence-corrected chi connectivity index (χ4v) is 1.65. The van der Waals surface area contributed by atoms with E-state index < -0.39 is 9.61 Å². The molecule has 0 saturated carbocycles. The Morgan fingerprint density at radius 2 is 1.92 bits per heavy atom. The largest absolute Gasteiger partial charge is 0.392 e. The third-order valence-corrected chi connectivity index (χ3v) is 2.12. The Hall–Kier alpha value is -0.0200. The summed E-state index contributed by atoms with van der Waals surface area (Å²) in [7, 11) is 0. The van der Waals surface area contributed by atoms with Crippen LogP contribution in [-0.4, -0.2) is 5.11 Å². The average Bonchev–Trinajstić information content (AvgIpc) is 2.01. The van der Waals surface area contributed by atoms with Gasteiger partial charge in [0, 0.05) is 5.56 Å². The van der Waals surface area contributed by atoms with Gasteiger partial charge in [0.15, 0.2) is 0 Å². The quantitative estimate of drug-likeness (QED) is 0.751. The van der Waals surface area contributed by atoms with E-state index >= 15 is 0 Å². The number of aliphatic hydroxyl groups excluding tert-OH is 1. The van der Waals surface area contributed by atoms with E-state index in [9.17, 15) is 4.39 Å².